The molecule has 1 rings (SSSR count). The summed E-state index contributed by atoms with van der Waals surface area (Å²) in [5, 5.41) is 8.75. The molecule has 0 spiro atoms. The highest BCUT2D eigenvalue weighted by molar-refractivity contribution is 6.26. The van der Waals surface area contributed by atoms with Crippen molar-refractivity contribution in [3.8, 4) is 0 Å². The summed E-state index contributed by atoms with van der Waals surface area (Å²) >= 11 is 5.94. The van der Waals surface area contributed by atoms with E-state index in [9.17, 15) is 4.79 Å². The van der Waals surface area contributed by atoms with Crippen LogP contribution < -0.4 is 5.73 Å². The van der Waals surface area contributed by atoms with Gasteiger partial charge in [-0.1, -0.05) is 6.08 Å². The quantitative estimate of drug-likeness (QED) is 0.663. The highest BCUT2D eigenvalue weighted by Crippen LogP contribution is 2.32. The summed E-state index contributed by atoms with van der Waals surface area (Å²) in [7, 11) is 0. The Morgan fingerprint density at radius 2 is 2.31 bits per heavy atom. The van der Waals surface area contributed by atoms with Crippen LogP contribution in [0.5, 0.6) is 0 Å². The number of allylic oxidation sites excluding steroid dienone is 2. The Bertz CT molecular complexity index is 271. The third kappa shape index (κ3) is 2.64. The molecule has 13 heavy (non-hydrogen) atoms. The SMILES string of the molecule is CC1(Cl)C=C(N)C=CC1C(=O)O.Cl. The smallest absolute Gasteiger partial charge is 0.312 e. The zero-order valence-corrected chi connectivity index (χ0v) is 8.60. The summed E-state index contributed by atoms with van der Waals surface area (Å²) in [6, 6.07) is 0. The number of hydrogen-bond donors (Lipinski definition) is 2. The number of hydrogen-bond acceptors (Lipinski definition) is 2. The van der Waals surface area contributed by atoms with Crippen molar-refractivity contribution in [2.75, 3.05) is 0 Å². The number of rotatable bonds is 1. The average Bonchev–Trinajstić information content (AvgIpc) is 1.82. The molecule has 0 amide bonds. The first-order chi connectivity index (χ1) is 5.43. The standard InChI is InChI=1S/C8H10ClNO2.ClH/c1-8(9)4-5(10)2-3-6(8)7(11)12;/h2-4,6H,10H2,1H3,(H,11,12);1H. The van der Waals surface area contributed by atoms with Gasteiger partial charge >= 0.3 is 5.97 Å². The highest BCUT2D eigenvalue weighted by Gasteiger charge is 2.35. The fraction of sp³-hybridized carbons (Fsp3) is 0.375. The molecule has 0 fully saturated rings. The molecular weight excluding hydrogens is 213 g/mol. The van der Waals surface area contributed by atoms with Gasteiger partial charge in [0.05, 0.1) is 10.8 Å². The molecule has 1 aliphatic carbocycles. The molecule has 0 aromatic carbocycles. The fourth-order valence-corrected chi connectivity index (χ4v) is 1.48. The number of alkyl halides is 1. The van der Waals surface area contributed by atoms with Crippen LogP contribution in [0, 0.1) is 5.92 Å². The van der Waals surface area contributed by atoms with E-state index in [-0.39, 0.29) is 12.4 Å². The maximum Gasteiger partial charge on any atom is 0.312 e. The molecule has 3 nitrogen and oxygen atoms in total. The van der Waals surface area contributed by atoms with Crippen LogP contribution in [0.3, 0.4) is 0 Å². The lowest BCUT2D eigenvalue weighted by atomic mass is 9.88. The van der Waals surface area contributed by atoms with Gasteiger partial charge in [-0.2, -0.15) is 0 Å². The lowest BCUT2D eigenvalue weighted by molar-refractivity contribution is -0.140. The molecule has 0 aliphatic heterocycles. The number of nitrogens with two attached hydrogens (primary N) is 1. The minimum atomic E-state index is -0.937. The van der Waals surface area contributed by atoms with Gasteiger partial charge in [0.15, 0.2) is 0 Å². The van der Waals surface area contributed by atoms with Crippen LogP contribution in [0.15, 0.2) is 23.9 Å². The Labute approximate surface area is 87.7 Å². The molecule has 0 bridgehead atoms. The van der Waals surface area contributed by atoms with E-state index in [0.717, 1.165) is 0 Å². The van der Waals surface area contributed by atoms with E-state index in [4.69, 9.17) is 22.4 Å². The van der Waals surface area contributed by atoms with Gasteiger partial charge in [-0.3, -0.25) is 4.79 Å². The van der Waals surface area contributed by atoms with Crippen molar-refractivity contribution in [1.29, 1.82) is 0 Å². The minimum absolute atomic E-state index is 0. The Balaban J connectivity index is 0.00000144. The second kappa shape index (κ2) is 4.03. The zero-order valence-electron chi connectivity index (χ0n) is 7.03. The van der Waals surface area contributed by atoms with Gasteiger partial charge in [0.2, 0.25) is 0 Å². The van der Waals surface area contributed by atoms with E-state index >= 15 is 0 Å². The normalized spacial score (nSPS) is 31.8. The molecule has 0 aromatic heterocycles. The van der Waals surface area contributed by atoms with Gasteiger partial charge in [-0.05, 0) is 19.1 Å². The Morgan fingerprint density at radius 3 is 2.69 bits per heavy atom. The summed E-state index contributed by atoms with van der Waals surface area (Å²) in [4.78, 5) is 9.76. The number of carboxylic acid groups (broad SMARTS) is 1. The predicted molar refractivity (Wildman–Crippen MR) is 54.0 cm³/mol. The number of carbonyl (C=O) groups is 1. The summed E-state index contributed by atoms with van der Waals surface area (Å²) in [5.41, 5.74) is 5.97. The molecule has 0 aromatic rings. The molecule has 0 heterocycles. The zero-order chi connectivity index (χ0) is 9.35. The van der Waals surface area contributed by atoms with Crippen LogP contribution in [-0.2, 0) is 4.79 Å². The lowest BCUT2D eigenvalue weighted by Crippen LogP contribution is -2.34. The molecular formula is C8H11Cl2NO2. The maximum absolute atomic E-state index is 10.7. The van der Waals surface area contributed by atoms with Crippen LogP contribution in [0.2, 0.25) is 0 Å². The molecule has 0 saturated carbocycles. The van der Waals surface area contributed by atoms with Crippen molar-refractivity contribution in [2.24, 2.45) is 11.7 Å². The van der Waals surface area contributed by atoms with Gasteiger partial charge in [-0.25, -0.2) is 0 Å². The maximum atomic E-state index is 10.7. The third-order valence-electron chi connectivity index (χ3n) is 1.80. The van der Waals surface area contributed by atoms with E-state index in [1.165, 1.54) is 6.08 Å². The molecule has 0 radical (unpaired) electrons. The van der Waals surface area contributed by atoms with Crippen molar-refractivity contribution in [3.63, 3.8) is 0 Å². The second-order valence-corrected chi connectivity index (χ2v) is 3.78. The van der Waals surface area contributed by atoms with Crippen molar-refractivity contribution in [3.05, 3.63) is 23.9 Å². The van der Waals surface area contributed by atoms with E-state index in [0.29, 0.717) is 5.70 Å². The average molecular weight is 224 g/mol. The monoisotopic (exact) mass is 223 g/mol. The lowest BCUT2D eigenvalue weighted by Gasteiger charge is -2.26. The first kappa shape index (κ1) is 12.3. The second-order valence-electron chi connectivity index (χ2n) is 2.97. The first-order valence-corrected chi connectivity index (χ1v) is 3.89. The topological polar surface area (TPSA) is 63.3 Å². The molecule has 1 aliphatic rings. The largest absolute Gasteiger partial charge is 0.481 e. The van der Waals surface area contributed by atoms with Crippen LogP contribution in [0.1, 0.15) is 6.92 Å². The number of halogens is 2. The van der Waals surface area contributed by atoms with Crippen LogP contribution in [0.25, 0.3) is 0 Å². The van der Waals surface area contributed by atoms with Crippen LogP contribution in [0.4, 0.5) is 0 Å². The van der Waals surface area contributed by atoms with Crippen molar-refractivity contribution >= 4 is 30.0 Å². The van der Waals surface area contributed by atoms with Gasteiger partial charge < -0.3 is 10.8 Å². The van der Waals surface area contributed by atoms with Crippen LogP contribution in [-0.4, -0.2) is 16.0 Å². The molecule has 74 valence electrons. The van der Waals surface area contributed by atoms with Gasteiger partial charge in [0.25, 0.3) is 0 Å². The Kier molecular flexibility index (Phi) is 3.82. The summed E-state index contributed by atoms with van der Waals surface area (Å²) in [5.74, 6) is -1.64. The van der Waals surface area contributed by atoms with Crippen molar-refractivity contribution < 1.29 is 9.90 Å². The summed E-state index contributed by atoms with van der Waals surface area (Å²) in [6.07, 6.45) is 4.61. The number of aliphatic carboxylic acids is 1. The Hall–Kier alpha value is -0.670. The third-order valence-corrected chi connectivity index (χ3v) is 2.15. The van der Waals surface area contributed by atoms with E-state index < -0.39 is 16.8 Å². The number of carboxylic acids is 1. The molecule has 3 N–H and O–H groups in total. The molecule has 5 heteroatoms. The van der Waals surface area contributed by atoms with Crippen molar-refractivity contribution in [1.82, 2.24) is 0 Å². The van der Waals surface area contributed by atoms with Crippen LogP contribution >= 0.6 is 24.0 Å². The van der Waals surface area contributed by atoms with E-state index in [1.807, 2.05) is 0 Å². The van der Waals surface area contributed by atoms with Gasteiger partial charge in [0.1, 0.15) is 0 Å². The summed E-state index contributed by atoms with van der Waals surface area (Å²) in [6.45, 7) is 1.63. The predicted octanol–water partition coefficient (Wildman–Crippen LogP) is 1.52. The fourth-order valence-electron chi connectivity index (χ4n) is 1.18. The molecule has 2 unspecified atom stereocenters. The van der Waals surface area contributed by atoms with Gasteiger partial charge in [0, 0.05) is 5.70 Å². The minimum Gasteiger partial charge on any atom is -0.481 e. The van der Waals surface area contributed by atoms with Crippen molar-refractivity contribution in [2.45, 2.75) is 11.8 Å². The van der Waals surface area contributed by atoms with E-state index in [2.05, 4.69) is 0 Å². The molecule has 2 atom stereocenters. The Morgan fingerprint density at radius 1 is 1.77 bits per heavy atom. The summed E-state index contributed by atoms with van der Waals surface area (Å²) < 4.78 is 0. The van der Waals surface area contributed by atoms with E-state index in [1.54, 1.807) is 19.1 Å². The first-order valence-electron chi connectivity index (χ1n) is 3.52. The molecule has 0 saturated heterocycles. The highest BCUT2D eigenvalue weighted by atomic mass is 35.5. The van der Waals surface area contributed by atoms with Gasteiger partial charge in [-0.15, -0.1) is 24.0 Å².